The standard InChI is InChI=1S/C12H17NO4/c1-12(2,10(14)11(15)17-4)9-8(16-3)6-5-7-13-9/h5-7,10,14H,1-4H3. The van der Waals surface area contributed by atoms with Gasteiger partial charge in [-0.3, -0.25) is 4.98 Å². The molecule has 5 heteroatoms. The Kier molecular flexibility index (Phi) is 4.07. The van der Waals surface area contributed by atoms with Gasteiger partial charge in [-0.05, 0) is 12.1 Å². The molecule has 0 aliphatic carbocycles. The number of aromatic nitrogens is 1. The summed E-state index contributed by atoms with van der Waals surface area (Å²) in [5.41, 5.74) is -0.375. The lowest BCUT2D eigenvalue weighted by Gasteiger charge is -2.29. The molecule has 1 N–H and O–H groups in total. The van der Waals surface area contributed by atoms with Crippen molar-refractivity contribution >= 4 is 5.97 Å². The smallest absolute Gasteiger partial charge is 0.335 e. The van der Waals surface area contributed by atoms with Crippen molar-refractivity contribution < 1.29 is 19.4 Å². The predicted octanol–water partition coefficient (Wildman–Crippen LogP) is 0.902. The van der Waals surface area contributed by atoms with Crippen LogP contribution in [0.15, 0.2) is 18.3 Å². The van der Waals surface area contributed by atoms with Crippen LogP contribution in [0.2, 0.25) is 0 Å². The number of ether oxygens (including phenoxy) is 2. The minimum atomic E-state index is -1.30. The number of hydrogen-bond donors (Lipinski definition) is 1. The fourth-order valence-corrected chi connectivity index (χ4v) is 1.57. The zero-order valence-electron chi connectivity index (χ0n) is 10.4. The van der Waals surface area contributed by atoms with E-state index in [0.717, 1.165) is 0 Å². The van der Waals surface area contributed by atoms with E-state index in [1.54, 1.807) is 32.2 Å². The molecule has 1 heterocycles. The zero-order chi connectivity index (χ0) is 13.1. The fraction of sp³-hybridized carbons (Fsp3) is 0.500. The average Bonchev–Trinajstić information content (AvgIpc) is 2.36. The molecule has 0 amide bonds. The van der Waals surface area contributed by atoms with Crippen LogP contribution in [0.25, 0.3) is 0 Å². The number of methoxy groups -OCH3 is 2. The van der Waals surface area contributed by atoms with Crippen LogP contribution in [0, 0.1) is 0 Å². The van der Waals surface area contributed by atoms with Crippen molar-refractivity contribution in [2.24, 2.45) is 0 Å². The molecule has 0 saturated heterocycles. The fourth-order valence-electron chi connectivity index (χ4n) is 1.57. The van der Waals surface area contributed by atoms with Gasteiger partial charge in [-0.2, -0.15) is 0 Å². The van der Waals surface area contributed by atoms with Crippen molar-refractivity contribution in [1.82, 2.24) is 4.98 Å². The Labute approximate surface area is 100 Å². The van der Waals surface area contributed by atoms with Crippen LogP contribution in [0.5, 0.6) is 5.75 Å². The van der Waals surface area contributed by atoms with Gasteiger partial charge < -0.3 is 14.6 Å². The third-order valence-corrected chi connectivity index (χ3v) is 2.71. The van der Waals surface area contributed by atoms with Crippen molar-refractivity contribution in [3.05, 3.63) is 24.0 Å². The van der Waals surface area contributed by atoms with Crippen molar-refractivity contribution in [3.8, 4) is 5.75 Å². The van der Waals surface area contributed by atoms with E-state index in [4.69, 9.17) is 4.74 Å². The van der Waals surface area contributed by atoms with Gasteiger partial charge >= 0.3 is 5.97 Å². The first-order valence-corrected chi connectivity index (χ1v) is 5.20. The predicted molar refractivity (Wildman–Crippen MR) is 61.8 cm³/mol. The molecule has 0 bridgehead atoms. The van der Waals surface area contributed by atoms with Gasteiger partial charge in [0.15, 0.2) is 6.10 Å². The van der Waals surface area contributed by atoms with Gasteiger partial charge in [0.25, 0.3) is 0 Å². The quantitative estimate of drug-likeness (QED) is 0.791. The largest absolute Gasteiger partial charge is 0.495 e. The summed E-state index contributed by atoms with van der Waals surface area (Å²) in [6, 6.07) is 3.46. The SMILES string of the molecule is COC(=O)C(O)C(C)(C)c1ncccc1OC. The Balaban J connectivity index is 3.16. The van der Waals surface area contributed by atoms with E-state index in [2.05, 4.69) is 9.72 Å². The molecule has 1 atom stereocenters. The maximum absolute atomic E-state index is 11.4. The van der Waals surface area contributed by atoms with Gasteiger partial charge in [-0.1, -0.05) is 13.8 Å². The Morgan fingerprint density at radius 1 is 1.47 bits per heavy atom. The molecule has 5 nitrogen and oxygen atoms in total. The second kappa shape index (κ2) is 5.14. The molecule has 0 fully saturated rings. The zero-order valence-corrected chi connectivity index (χ0v) is 10.4. The Bertz CT molecular complexity index is 403. The van der Waals surface area contributed by atoms with E-state index in [1.807, 2.05) is 0 Å². The average molecular weight is 239 g/mol. The van der Waals surface area contributed by atoms with Crippen LogP contribution >= 0.6 is 0 Å². The van der Waals surface area contributed by atoms with Crippen molar-refractivity contribution in [2.75, 3.05) is 14.2 Å². The molecule has 0 aromatic carbocycles. The molecule has 0 aliphatic rings. The number of aliphatic hydroxyl groups excluding tert-OH is 1. The van der Waals surface area contributed by atoms with Crippen LogP contribution in [0.1, 0.15) is 19.5 Å². The van der Waals surface area contributed by atoms with Crippen molar-refractivity contribution in [1.29, 1.82) is 0 Å². The molecule has 0 spiro atoms. The van der Waals surface area contributed by atoms with E-state index in [1.165, 1.54) is 14.2 Å². The topological polar surface area (TPSA) is 68.7 Å². The van der Waals surface area contributed by atoms with Crippen LogP contribution in [0.4, 0.5) is 0 Å². The highest BCUT2D eigenvalue weighted by Crippen LogP contribution is 2.32. The molecule has 1 aromatic rings. The van der Waals surface area contributed by atoms with Crippen molar-refractivity contribution in [2.45, 2.75) is 25.4 Å². The first kappa shape index (κ1) is 13.4. The van der Waals surface area contributed by atoms with Crippen LogP contribution in [0.3, 0.4) is 0 Å². The summed E-state index contributed by atoms with van der Waals surface area (Å²) in [5.74, 6) is -0.164. The highest BCUT2D eigenvalue weighted by atomic mass is 16.5. The number of aliphatic hydroxyl groups is 1. The molecule has 0 saturated carbocycles. The van der Waals surface area contributed by atoms with Gasteiger partial charge in [-0.15, -0.1) is 0 Å². The second-order valence-electron chi connectivity index (χ2n) is 4.20. The molecule has 1 aromatic heterocycles. The lowest BCUT2D eigenvalue weighted by molar-refractivity contribution is -0.154. The van der Waals surface area contributed by atoms with Crippen LogP contribution in [-0.2, 0) is 14.9 Å². The first-order valence-electron chi connectivity index (χ1n) is 5.20. The van der Waals surface area contributed by atoms with Gasteiger partial charge in [0.2, 0.25) is 0 Å². The maximum Gasteiger partial charge on any atom is 0.335 e. The summed E-state index contributed by atoms with van der Waals surface area (Å²) in [4.78, 5) is 15.6. The first-order chi connectivity index (χ1) is 7.95. The molecular formula is C12H17NO4. The molecule has 17 heavy (non-hydrogen) atoms. The normalized spacial score (nSPS) is 13.0. The molecule has 94 valence electrons. The second-order valence-corrected chi connectivity index (χ2v) is 4.20. The summed E-state index contributed by atoms with van der Waals surface area (Å²) >= 11 is 0. The van der Waals surface area contributed by atoms with Crippen LogP contribution in [-0.4, -0.2) is 36.4 Å². The van der Waals surface area contributed by atoms with Crippen LogP contribution < -0.4 is 4.74 Å². The third-order valence-electron chi connectivity index (χ3n) is 2.71. The minimum Gasteiger partial charge on any atom is -0.495 e. The monoisotopic (exact) mass is 239 g/mol. The lowest BCUT2D eigenvalue weighted by atomic mass is 9.82. The number of pyridine rings is 1. The summed E-state index contributed by atoms with van der Waals surface area (Å²) < 4.78 is 9.71. The summed E-state index contributed by atoms with van der Waals surface area (Å²) in [6.07, 6.45) is 0.292. The summed E-state index contributed by atoms with van der Waals surface area (Å²) in [5, 5.41) is 9.95. The number of rotatable bonds is 4. The Hall–Kier alpha value is -1.62. The number of carbonyl (C=O) groups excluding carboxylic acids is 1. The van der Waals surface area contributed by atoms with Gasteiger partial charge in [0, 0.05) is 11.6 Å². The van der Waals surface area contributed by atoms with E-state index >= 15 is 0 Å². The highest BCUT2D eigenvalue weighted by Gasteiger charge is 2.39. The Morgan fingerprint density at radius 2 is 2.12 bits per heavy atom. The van der Waals surface area contributed by atoms with Crippen molar-refractivity contribution in [3.63, 3.8) is 0 Å². The molecule has 0 radical (unpaired) electrons. The molecular weight excluding hydrogens is 222 g/mol. The van der Waals surface area contributed by atoms with Gasteiger partial charge in [0.1, 0.15) is 5.75 Å². The van der Waals surface area contributed by atoms with Gasteiger partial charge in [0.05, 0.1) is 19.9 Å². The third kappa shape index (κ3) is 2.55. The lowest BCUT2D eigenvalue weighted by Crippen LogP contribution is -2.41. The molecule has 1 rings (SSSR count). The molecule has 1 unspecified atom stereocenters. The van der Waals surface area contributed by atoms with E-state index in [9.17, 15) is 9.90 Å². The van der Waals surface area contributed by atoms with E-state index in [0.29, 0.717) is 11.4 Å². The number of hydrogen-bond acceptors (Lipinski definition) is 5. The molecule has 0 aliphatic heterocycles. The Morgan fingerprint density at radius 3 is 2.65 bits per heavy atom. The van der Waals surface area contributed by atoms with E-state index < -0.39 is 17.5 Å². The maximum atomic E-state index is 11.4. The summed E-state index contributed by atoms with van der Waals surface area (Å²) in [7, 11) is 2.75. The van der Waals surface area contributed by atoms with Gasteiger partial charge in [-0.25, -0.2) is 4.79 Å². The highest BCUT2D eigenvalue weighted by molar-refractivity contribution is 5.76. The number of nitrogens with zero attached hydrogens (tertiary/aromatic N) is 1. The van der Waals surface area contributed by atoms with E-state index in [-0.39, 0.29) is 0 Å². The minimum absolute atomic E-state index is 0.514. The number of esters is 1. The number of carbonyl (C=O) groups is 1. The summed E-state index contributed by atoms with van der Waals surface area (Å²) in [6.45, 7) is 3.42.